The molecule has 2 heterocycles. The summed E-state index contributed by atoms with van der Waals surface area (Å²) in [6.45, 7) is 6.09. The van der Waals surface area contributed by atoms with Crippen LogP contribution in [0.25, 0.3) is 5.78 Å². The fourth-order valence-corrected chi connectivity index (χ4v) is 1.13. The van der Waals surface area contributed by atoms with Crippen molar-refractivity contribution in [3.8, 4) is 0 Å². The monoisotopic (exact) mass is 176 g/mol. The summed E-state index contributed by atoms with van der Waals surface area (Å²) in [5.74, 6) is 1.88. The maximum Gasteiger partial charge on any atom is 0.252 e. The van der Waals surface area contributed by atoms with Gasteiger partial charge in [0.15, 0.2) is 5.82 Å². The molecular weight excluding hydrogens is 164 g/mol. The van der Waals surface area contributed by atoms with Crippen LogP contribution in [0.15, 0.2) is 12.3 Å². The minimum atomic E-state index is 0.349. The van der Waals surface area contributed by atoms with Crippen molar-refractivity contribution in [1.29, 1.82) is 0 Å². The number of rotatable bonds is 1. The number of aromatic nitrogens is 4. The Morgan fingerprint density at radius 3 is 2.77 bits per heavy atom. The summed E-state index contributed by atoms with van der Waals surface area (Å²) in [5, 5.41) is 4.30. The van der Waals surface area contributed by atoms with Crippen LogP contribution in [-0.4, -0.2) is 19.6 Å². The van der Waals surface area contributed by atoms with Crippen molar-refractivity contribution < 1.29 is 0 Å². The third-order valence-electron chi connectivity index (χ3n) is 1.88. The highest BCUT2D eigenvalue weighted by molar-refractivity contribution is 5.27. The second-order valence-corrected chi connectivity index (χ2v) is 3.44. The van der Waals surface area contributed by atoms with Crippen LogP contribution in [0.5, 0.6) is 0 Å². The van der Waals surface area contributed by atoms with Gasteiger partial charge in [-0.3, -0.25) is 0 Å². The Morgan fingerprint density at radius 2 is 2.08 bits per heavy atom. The van der Waals surface area contributed by atoms with E-state index >= 15 is 0 Å². The lowest BCUT2D eigenvalue weighted by molar-refractivity contribution is 0.765. The molecule has 0 aromatic carbocycles. The van der Waals surface area contributed by atoms with Gasteiger partial charge in [-0.25, -0.2) is 9.50 Å². The lowest BCUT2D eigenvalue weighted by Gasteiger charge is -1.92. The molecule has 4 heteroatoms. The fourth-order valence-electron chi connectivity index (χ4n) is 1.13. The predicted octanol–water partition coefficient (Wildman–Crippen LogP) is 1.56. The molecule has 0 fully saturated rings. The van der Waals surface area contributed by atoms with Gasteiger partial charge in [0, 0.05) is 17.8 Å². The third-order valence-corrected chi connectivity index (χ3v) is 1.88. The van der Waals surface area contributed by atoms with Crippen LogP contribution in [0.4, 0.5) is 0 Å². The molecule has 0 amide bonds. The highest BCUT2D eigenvalue weighted by Gasteiger charge is 2.07. The van der Waals surface area contributed by atoms with E-state index < -0.39 is 0 Å². The van der Waals surface area contributed by atoms with Gasteiger partial charge in [0.25, 0.3) is 5.78 Å². The third kappa shape index (κ3) is 1.39. The van der Waals surface area contributed by atoms with Gasteiger partial charge in [-0.1, -0.05) is 13.8 Å². The van der Waals surface area contributed by atoms with E-state index in [2.05, 4.69) is 28.9 Å². The van der Waals surface area contributed by atoms with Crippen molar-refractivity contribution in [3.63, 3.8) is 0 Å². The van der Waals surface area contributed by atoms with E-state index in [0.717, 1.165) is 11.5 Å². The summed E-state index contributed by atoms with van der Waals surface area (Å²) in [6.07, 6.45) is 1.89. The Bertz CT molecular complexity index is 430. The summed E-state index contributed by atoms with van der Waals surface area (Å²) < 4.78 is 1.71. The van der Waals surface area contributed by atoms with Crippen molar-refractivity contribution in [3.05, 3.63) is 23.8 Å². The van der Waals surface area contributed by atoms with Gasteiger partial charge >= 0.3 is 0 Å². The molecule has 2 aromatic rings. The zero-order chi connectivity index (χ0) is 9.42. The first-order valence-corrected chi connectivity index (χ1v) is 4.37. The van der Waals surface area contributed by atoms with E-state index in [-0.39, 0.29) is 0 Å². The molecule has 0 saturated carbocycles. The SMILES string of the molecule is Cc1ccn2nc(C(C)C)nc2n1. The minimum Gasteiger partial charge on any atom is -0.216 e. The fraction of sp³-hybridized carbons (Fsp3) is 0.444. The smallest absolute Gasteiger partial charge is 0.216 e. The Morgan fingerprint density at radius 1 is 1.31 bits per heavy atom. The van der Waals surface area contributed by atoms with E-state index in [1.807, 2.05) is 19.2 Å². The Balaban J connectivity index is 2.62. The Kier molecular flexibility index (Phi) is 1.76. The summed E-state index contributed by atoms with van der Waals surface area (Å²) in [4.78, 5) is 8.58. The molecule has 0 N–H and O–H groups in total. The molecule has 0 radical (unpaired) electrons. The zero-order valence-corrected chi connectivity index (χ0v) is 8.02. The molecule has 0 saturated heterocycles. The normalized spacial score (nSPS) is 11.4. The minimum absolute atomic E-state index is 0.349. The van der Waals surface area contributed by atoms with Crippen molar-refractivity contribution in [2.75, 3.05) is 0 Å². The maximum atomic E-state index is 4.31. The standard InChI is InChI=1S/C9H12N4/c1-6(2)8-11-9-10-7(3)4-5-13(9)12-8/h4-6H,1-3H3. The first-order chi connectivity index (χ1) is 6.16. The molecule has 0 aliphatic carbocycles. The summed E-state index contributed by atoms with van der Waals surface area (Å²) in [5.41, 5.74) is 0.968. The zero-order valence-electron chi connectivity index (χ0n) is 8.02. The molecule has 2 aromatic heterocycles. The highest BCUT2D eigenvalue weighted by Crippen LogP contribution is 2.09. The second-order valence-electron chi connectivity index (χ2n) is 3.44. The van der Waals surface area contributed by atoms with Gasteiger partial charge in [0.05, 0.1) is 0 Å². The Hall–Kier alpha value is -1.45. The average molecular weight is 176 g/mol. The van der Waals surface area contributed by atoms with E-state index in [9.17, 15) is 0 Å². The molecule has 4 nitrogen and oxygen atoms in total. The van der Waals surface area contributed by atoms with Gasteiger partial charge in [0.2, 0.25) is 0 Å². The number of aryl methyl sites for hydroxylation is 1. The second kappa shape index (κ2) is 2.80. The maximum absolute atomic E-state index is 4.31. The average Bonchev–Trinajstić information content (AvgIpc) is 2.46. The summed E-state index contributed by atoms with van der Waals surface area (Å²) >= 11 is 0. The first-order valence-electron chi connectivity index (χ1n) is 4.37. The van der Waals surface area contributed by atoms with Crippen LogP contribution < -0.4 is 0 Å². The van der Waals surface area contributed by atoms with Crippen LogP contribution in [0.1, 0.15) is 31.3 Å². The van der Waals surface area contributed by atoms with Gasteiger partial charge in [-0.15, -0.1) is 5.10 Å². The van der Waals surface area contributed by atoms with E-state index in [4.69, 9.17) is 0 Å². The molecule has 0 bridgehead atoms. The van der Waals surface area contributed by atoms with Gasteiger partial charge < -0.3 is 0 Å². The van der Waals surface area contributed by atoms with Crippen molar-refractivity contribution >= 4 is 5.78 Å². The summed E-state index contributed by atoms with van der Waals surface area (Å²) in [7, 11) is 0. The highest BCUT2D eigenvalue weighted by atomic mass is 15.3. The molecule has 0 unspecified atom stereocenters. The topological polar surface area (TPSA) is 43.1 Å². The number of fused-ring (bicyclic) bond motifs is 1. The molecule has 0 aliphatic heterocycles. The Labute approximate surface area is 76.6 Å². The van der Waals surface area contributed by atoms with Crippen LogP contribution in [0.2, 0.25) is 0 Å². The van der Waals surface area contributed by atoms with Crippen molar-refractivity contribution in [2.45, 2.75) is 26.7 Å². The van der Waals surface area contributed by atoms with Crippen LogP contribution in [0.3, 0.4) is 0 Å². The molecule has 0 atom stereocenters. The van der Waals surface area contributed by atoms with Crippen LogP contribution in [0, 0.1) is 6.92 Å². The molecule has 0 aliphatic rings. The van der Waals surface area contributed by atoms with Crippen molar-refractivity contribution in [2.24, 2.45) is 0 Å². The van der Waals surface area contributed by atoms with Crippen molar-refractivity contribution in [1.82, 2.24) is 19.6 Å². The molecule has 13 heavy (non-hydrogen) atoms. The molecule has 68 valence electrons. The lowest BCUT2D eigenvalue weighted by Crippen LogP contribution is -1.92. The number of hydrogen-bond acceptors (Lipinski definition) is 3. The quantitative estimate of drug-likeness (QED) is 0.662. The molecular formula is C9H12N4. The van der Waals surface area contributed by atoms with Gasteiger partial charge in [-0.2, -0.15) is 4.98 Å². The summed E-state index contributed by atoms with van der Waals surface area (Å²) in [6, 6.07) is 1.92. The van der Waals surface area contributed by atoms with Crippen LogP contribution in [-0.2, 0) is 0 Å². The number of nitrogens with zero attached hydrogens (tertiary/aromatic N) is 4. The van der Waals surface area contributed by atoms with E-state index in [1.165, 1.54) is 0 Å². The van der Waals surface area contributed by atoms with Crippen LogP contribution >= 0.6 is 0 Å². The number of hydrogen-bond donors (Lipinski definition) is 0. The largest absolute Gasteiger partial charge is 0.252 e. The lowest BCUT2D eigenvalue weighted by atomic mass is 10.2. The van der Waals surface area contributed by atoms with Gasteiger partial charge in [-0.05, 0) is 13.0 Å². The molecule has 0 spiro atoms. The van der Waals surface area contributed by atoms with E-state index in [1.54, 1.807) is 4.52 Å². The van der Waals surface area contributed by atoms with Gasteiger partial charge in [0.1, 0.15) is 0 Å². The predicted molar refractivity (Wildman–Crippen MR) is 49.6 cm³/mol. The van der Waals surface area contributed by atoms with E-state index in [0.29, 0.717) is 11.7 Å². The first kappa shape index (κ1) is 8.16. The molecule has 2 rings (SSSR count).